The molecule has 1 aliphatic rings. The summed E-state index contributed by atoms with van der Waals surface area (Å²) in [6.07, 6.45) is 8.49. The topological polar surface area (TPSA) is 72.9 Å². The predicted molar refractivity (Wildman–Crippen MR) is 80.5 cm³/mol. The number of rotatable bonds is 5. The first-order chi connectivity index (χ1) is 9.63. The first-order valence-electron chi connectivity index (χ1n) is 7.73. The summed E-state index contributed by atoms with van der Waals surface area (Å²) in [6.45, 7) is 2.72. The molecule has 5 nitrogen and oxygen atoms in total. The van der Waals surface area contributed by atoms with Crippen LogP contribution in [0.5, 0.6) is 0 Å². The van der Waals surface area contributed by atoms with Gasteiger partial charge >= 0.3 is 0 Å². The van der Waals surface area contributed by atoms with Crippen molar-refractivity contribution in [1.29, 1.82) is 0 Å². The number of hydrogen-bond donors (Lipinski definition) is 2. The lowest BCUT2D eigenvalue weighted by Gasteiger charge is -2.21. The quantitative estimate of drug-likeness (QED) is 0.867. The number of aromatic nitrogens is 2. The van der Waals surface area contributed by atoms with Gasteiger partial charge in [0, 0.05) is 13.6 Å². The summed E-state index contributed by atoms with van der Waals surface area (Å²) in [5.41, 5.74) is 7.79. The highest BCUT2D eigenvalue weighted by Gasteiger charge is 2.19. The number of hydrogen-bond acceptors (Lipinski definition) is 3. The molecule has 1 amide bonds. The fourth-order valence-electron chi connectivity index (χ4n) is 3.08. The highest BCUT2D eigenvalue weighted by Crippen LogP contribution is 2.25. The SMILES string of the molecule is CCc1nn(C)c(C(=O)NCCC2CCCCC2)c1N. The van der Waals surface area contributed by atoms with E-state index in [0.717, 1.165) is 31.0 Å². The zero-order chi connectivity index (χ0) is 14.5. The van der Waals surface area contributed by atoms with E-state index in [9.17, 15) is 4.79 Å². The Balaban J connectivity index is 1.87. The molecule has 112 valence electrons. The van der Waals surface area contributed by atoms with E-state index < -0.39 is 0 Å². The van der Waals surface area contributed by atoms with Crippen molar-refractivity contribution in [1.82, 2.24) is 15.1 Å². The molecule has 1 aromatic rings. The summed E-state index contributed by atoms with van der Waals surface area (Å²) in [5.74, 6) is 0.673. The second-order valence-corrected chi connectivity index (χ2v) is 5.73. The van der Waals surface area contributed by atoms with E-state index in [0.29, 0.717) is 11.4 Å². The Morgan fingerprint density at radius 3 is 2.70 bits per heavy atom. The van der Waals surface area contributed by atoms with E-state index in [1.54, 1.807) is 11.7 Å². The van der Waals surface area contributed by atoms with Gasteiger partial charge in [0.1, 0.15) is 5.69 Å². The maximum absolute atomic E-state index is 12.2. The largest absolute Gasteiger partial charge is 0.395 e. The van der Waals surface area contributed by atoms with Crippen LogP contribution in [0.2, 0.25) is 0 Å². The van der Waals surface area contributed by atoms with Crippen molar-refractivity contribution in [3.63, 3.8) is 0 Å². The minimum absolute atomic E-state index is 0.104. The zero-order valence-electron chi connectivity index (χ0n) is 12.6. The summed E-state index contributed by atoms with van der Waals surface area (Å²) in [5, 5.41) is 7.26. The number of nitrogens with one attached hydrogen (secondary N) is 1. The first kappa shape index (κ1) is 14.9. The third kappa shape index (κ3) is 3.32. The number of amides is 1. The Kier molecular flexibility index (Phi) is 5.04. The van der Waals surface area contributed by atoms with E-state index in [-0.39, 0.29) is 5.91 Å². The smallest absolute Gasteiger partial charge is 0.271 e. The number of carbonyl (C=O) groups excluding carboxylic acids is 1. The van der Waals surface area contributed by atoms with Crippen LogP contribution >= 0.6 is 0 Å². The Morgan fingerprint density at radius 2 is 2.10 bits per heavy atom. The molecule has 0 atom stereocenters. The van der Waals surface area contributed by atoms with Gasteiger partial charge in [-0.3, -0.25) is 9.48 Å². The molecule has 1 aliphatic carbocycles. The molecular weight excluding hydrogens is 252 g/mol. The average molecular weight is 278 g/mol. The van der Waals surface area contributed by atoms with Crippen LogP contribution in [0.1, 0.15) is 61.6 Å². The molecule has 1 heterocycles. The number of nitrogens with two attached hydrogens (primary N) is 1. The lowest BCUT2D eigenvalue weighted by atomic mass is 9.87. The van der Waals surface area contributed by atoms with Gasteiger partial charge in [-0.05, 0) is 18.8 Å². The highest BCUT2D eigenvalue weighted by atomic mass is 16.2. The standard InChI is InChI=1S/C15H26N4O/c1-3-12-13(16)14(19(2)18-12)15(20)17-10-9-11-7-5-4-6-8-11/h11H,3-10,16H2,1-2H3,(H,17,20). The van der Waals surface area contributed by atoms with Crippen molar-refractivity contribution in [2.75, 3.05) is 12.3 Å². The van der Waals surface area contributed by atoms with E-state index >= 15 is 0 Å². The van der Waals surface area contributed by atoms with Crippen molar-refractivity contribution in [2.45, 2.75) is 51.9 Å². The predicted octanol–water partition coefficient (Wildman–Crippen LogP) is 2.26. The van der Waals surface area contributed by atoms with Gasteiger partial charge in [-0.15, -0.1) is 0 Å². The summed E-state index contributed by atoms with van der Waals surface area (Å²) in [6, 6.07) is 0. The number of carbonyl (C=O) groups is 1. The molecule has 3 N–H and O–H groups in total. The molecule has 5 heteroatoms. The van der Waals surface area contributed by atoms with E-state index in [2.05, 4.69) is 10.4 Å². The third-order valence-corrected chi connectivity index (χ3v) is 4.27. The molecule has 1 saturated carbocycles. The number of nitrogens with zero attached hydrogens (tertiary/aromatic N) is 2. The molecule has 0 spiro atoms. The summed E-state index contributed by atoms with van der Waals surface area (Å²) >= 11 is 0. The maximum Gasteiger partial charge on any atom is 0.271 e. The second-order valence-electron chi connectivity index (χ2n) is 5.73. The lowest BCUT2D eigenvalue weighted by Crippen LogP contribution is -2.28. The Labute approximate surface area is 120 Å². The minimum Gasteiger partial charge on any atom is -0.395 e. The van der Waals surface area contributed by atoms with Gasteiger partial charge < -0.3 is 11.1 Å². The van der Waals surface area contributed by atoms with Crippen molar-refractivity contribution in [3.05, 3.63) is 11.4 Å². The normalized spacial score (nSPS) is 16.3. The second kappa shape index (κ2) is 6.77. The number of anilines is 1. The van der Waals surface area contributed by atoms with Gasteiger partial charge in [-0.2, -0.15) is 5.10 Å². The van der Waals surface area contributed by atoms with Gasteiger partial charge in [-0.25, -0.2) is 0 Å². The van der Waals surface area contributed by atoms with Crippen LogP contribution in [0.25, 0.3) is 0 Å². The van der Waals surface area contributed by atoms with Crippen LogP contribution in [0.3, 0.4) is 0 Å². The van der Waals surface area contributed by atoms with Crippen molar-refractivity contribution in [2.24, 2.45) is 13.0 Å². The molecule has 0 bridgehead atoms. The van der Waals surface area contributed by atoms with Gasteiger partial charge in [-0.1, -0.05) is 39.0 Å². The van der Waals surface area contributed by atoms with Crippen molar-refractivity contribution >= 4 is 11.6 Å². The fraction of sp³-hybridized carbons (Fsp3) is 0.733. The number of aryl methyl sites for hydroxylation is 2. The molecule has 0 aromatic carbocycles. The van der Waals surface area contributed by atoms with E-state index in [1.807, 2.05) is 6.92 Å². The number of nitrogen functional groups attached to an aromatic ring is 1. The summed E-state index contributed by atoms with van der Waals surface area (Å²) < 4.78 is 1.59. The van der Waals surface area contributed by atoms with Gasteiger partial charge in [0.25, 0.3) is 5.91 Å². The molecule has 1 aromatic heterocycles. The summed E-state index contributed by atoms with van der Waals surface area (Å²) in [4.78, 5) is 12.2. The van der Waals surface area contributed by atoms with Crippen LogP contribution in [-0.4, -0.2) is 22.2 Å². The molecule has 2 rings (SSSR count). The van der Waals surface area contributed by atoms with Crippen LogP contribution in [-0.2, 0) is 13.5 Å². The minimum atomic E-state index is -0.104. The molecule has 0 unspecified atom stereocenters. The van der Waals surface area contributed by atoms with E-state index in [4.69, 9.17) is 5.73 Å². The Bertz CT molecular complexity index is 461. The fourth-order valence-corrected chi connectivity index (χ4v) is 3.08. The molecule has 0 radical (unpaired) electrons. The Morgan fingerprint density at radius 1 is 1.40 bits per heavy atom. The monoisotopic (exact) mass is 278 g/mol. The zero-order valence-corrected chi connectivity index (χ0v) is 12.6. The van der Waals surface area contributed by atoms with Crippen LogP contribution < -0.4 is 11.1 Å². The van der Waals surface area contributed by atoms with Crippen molar-refractivity contribution < 1.29 is 4.79 Å². The maximum atomic E-state index is 12.2. The molecule has 0 aliphatic heterocycles. The van der Waals surface area contributed by atoms with Crippen LogP contribution in [0.4, 0.5) is 5.69 Å². The molecule has 20 heavy (non-hydrogen) atoms. The van der Waals surface area contributed by atoms with E-state index in [1.165, 1.54) is 32.1 Å². The van der Waals surface area contributed by atoms with Crippen LogP contribution in [0, 0.1) is 5.92 Å². The van der Waals surface area contributed by atoms with Gasteiger partial charge in [0.05, 0.1) is 11.4 Å². The molecule has 0 saturated heterocycles. The van der Waals surface area contributed by atoms with Crippen LogP contribution in [0.15, 0.2) is 0 Å². The third-order valence-electron chi connectivity index (χ3n) is 4.27. The highest BCUT2D eigenvalue weighted by molar-refractivity contribution is 5.97. The average Bonchev–Trinajstić information content (AvgIpc) is 2.74. The molecule has 1 fully saturated rings. The first-order valence-corrected chi connectivity index (χ1v) is 7.73. The Hall–Kier alpha value is -1.52. The van der Waals surface area contributed by atoms with Crippen molar-refractivity contribution in [3.8, 4) is 0 Å². The molecular formula is C15H26N4O. The van der Waals surface area contributed by atoms with Gasteiger partial charge in [0.15, 0.2) is 0 Å². The van der Waals surface area contributed by atoms with Gasteiger partial charge in [0.2, 0.25) is 0 Å². The summed E-state index contributed by atoms with van der Waals surface area (Å²) in [7, 11) is 1.77. The lowest BCUT2D eigenvalue weighted by molar-refractivity contribution is 0.0942.